The second-order valence-electron chi connectivity index (χ2n) is 3.64. The van der Waals surface area contributed by atoms with Gasteiger partial charge in [0.15, 0.2) is 0 Å². The molecule has 1 amide bonds. The zero-order valence-corrected chi connectivity index (χ0v) is 9.36. The molecule has 15 heavy (non-hydrogen) atoms. The van der Waals surface area contributed by atoms with Crippen LogP contribution in [0.15, 0.2) is 12.2 Å². The van der Waals surface area contributed by atoms with Crippen molar-refractivity contribution in [1.29, 1.82) is 0 Å². The van der Waals surface area contributed by atoms with Gasteiger partial charge in [0.25, 0.3) is 0 Å². The summed E-state index contributed by atoms with van der Waals surface area (Å²) >= 11 is 0. The third kappa shape index (κ3) is 4.34. The number of carbonyl (C=O) groups excluding carboxylic acids is 1. The molecule has 2 unspecified atom stereocenters. The molecule has 0 aromatic rings. The van der Waals surface area contributed by atoms with E-state index in [-0.39, 0.29) is 18.3 Å². The van der Waals surface area contributed by atoms with Crippen LogP contribution in [-0.2, 0) is 9.47 Å². The number of alkyl carbamates (subject to hydrolysis) is 1. The summed E-state index contributed by atoms with van der Waals surface area (Å²) in [5.74, 6) is 0. The highest BCUT2D eigenvalue weighted by atomic mass is 16.6. The Morgan fingerprint density at radius 1 is 1.27 bits per heavy atom. The van der Waals surface area contributed by atoms with E-state index in [1.54, 1.807) is 14.2 Å². The van der Waals surface area contributed by atoms with E-state index in [1.807, 2.05) is 12.2 Å². The molecule has 1 aliphatic carbocycles. The van der Waals surface area contributed by atoms with Crippen molar-refractivity contribution in [3.63, 3.8) is 0 Å². The van der Waals surface area contributed by atoms with Crippen molar-refractivity contribution >= 4 is 6.09 Å². The molecular weight excluding hydrogens is 194 g/mol. The van der Waals surface area contributed by atoms with E-state index < -0.39 is 0 Å². The molecule has 1 aliphatic rings. The topological polar surface area (TPSA) is 47.6 Å². The summed E-state index contributed by atoms with van der Waals surface area (Å²) in [6, 6.07) is 0. The quantitative estimate of drug-likeness (QED) is 0.712. The van der Waals surface area contributed by atoms with Crippen LogP contribution >= 0.6 is 0 Å². The van der Waals surface area contributed by atoms with Gasteiger partial charge < -0.3 is 14.8 Å². The average molecular weight is 213 g/mol. The number of amides is 1. The molecule has 1 rings (SSSR count). The van der Waals surface area contributed by atoms with E-state index in [2.05, 4.69) is 5.32 Å². The minimum atomic E-state index is -0.376. The number of ether oxygens (including phenoxy) is 2. The molecule has 0 bridgehead atoms. The van der Waals surface area contributed by atoms with Crippen molar-refractivity contribution in [3.8, 4) is 0 Å². The highest BCUT2D eigenvalue weighted by Gasteiger charge is 2.14. The second kappa shape index (κ2) is 6.45. The van der Waals surface area contributed by atoms with Gasteiger partial charge in [0, 0.05) is 14.2 Å². The maximum absolute atomic E-state index is 11.0. The lowest BCUT2D eigenvalue weighted by Gasteiger charge is -2.19. The first-order chi connectivity index (χ1) is 7.26. The molecule has 0 heterocycles. The summed E-state index contributed by atoms with van der Waals surface area (Å²) in [5, 5.41) is 2.45. The number of hydrogen-bond acceptors (Lipinski definition) is 3. The van der Waals surface area contributed by atoms with Crippen LogP contribution in [0.4, 0.5) is 4.79 Å². The number of nitrogens with one attached hydrogen (secondary N) is 1. The Kier molecular flexibility index (Phi) is 5.18. The number of methoxy groups -OCH3 is 1. The Balaban J connectivity index is 2.48. The van der Waals surface area contributed by atoms with Gasteiger partial charge in [-0.1, -0.05) is 12.5 Å². The lowest BCUT2D eigenvalue weighted by atomic mass is 10.0. The molecule has 2 atom stereocenters. The summed E-state index contributed by atoms with van der Waals surface area (Å²) < 4.78 is 10.4. The van der Waals surface area contributed by atoms with E-state index in [9.17, 15) is 4.79 Å². The van der Waals surface area contributed by atoms with E-state index in [0.717, 1.165) is 25.7 Å². The van der Waals surface area contributed by atoms with Crippen LogP contribution in [-0.4, -0.2) is 32.5 Å². The summed E-state index contributed by atoms with van der Waals surface area (Å²) in [5.41, 5.74) is 0. The minimum Gasteiger partial charge on any atom is -0.442 e. The van der Waals surface area contributed by atoms with Gasteiger partial charge in [0.05, 0.1) is 6.10 Å². The molecule has 1 N–H and O–H groups in total. The summed E-state index contributed by atoms with van der Waals surface area (Å²) in [6.45, 7) is 0. The van der Waals surface area contributed by atoms with Gasteiger partial charge in [-0.15, -0.1) is 0 Å². The normalized spacial score (nSPS) is 28.7. The van der Waals surface area contributed by atoms with Crippen molar-refractivity contribution in [2.75, 3.05) is 14.2 Å². The maximum atomic E-state index is 11.0. The third-order valence-electron chi connectivity index (χ3n) is 2.53. The van der Waals surface area contributed by atoms with Crippen LogP contribution in [0.1, 0.15) is 25.7 Å². The molecule has 4 nitrogen and oxygen atoms in total. The van der Waals surface area contributed by atoms with E-state index in [0.29, 0.717) is 0 Å². The van der Waals surface area contributed by atoms with Crippen molar-refractivity contribution < 1.29 is 14.3 Å². The predicted octanol–water partition coefficient (Wildman–Crippen LogP) is 1.86. The van der Waals surface area contributed by atoms with Crippen LogP contribution in [0.2, 0.25) is 0 Å². The van der Waals surface area contributed by atoms with Gasteiger partial charge in [-0.2, -0.15) is 0 Å². The molecule has 4 heteroatoms. The predicted molar refractivity (Wildman–Crippen MR) is 57.7 cm³/mol. The lowest BCUT2D eigenvalue weighted by molar-refractivity contribution is 0.103. The number of hydrogen-bond donors (Lipinski definition) is 1. The van der Waals surface area contributed by atoms with Crippen LogP contribution < -0.4 is 5.32 Å². The van der Waals surface area contributed by atoms with E-state index in [4.69, 9.17) is 9.47 Å². The first-order valence-electron chi connectivity index (χ1n) is 5.35. The zero-order valence-electron chi connectivity index (χ0n) is 9.36. The highest BCUT2D eigenvalue weighted by Crippen LogP contribution is 2.16. The summed E-state index contributed by atoms with van der Waals surface area (Å²) in [6.07, 6.45) is 7.65. The lowest BCUT2D eigenvalue weighted by Crippen LogP contribution is -2.26. The molecule has 0 radical (unpaired) electrons. The molecule has 0 saturated carbocycles. The molecule has 0 aromatic heterocycles. The SMILES string of the molecule is CNC(=O)OC1/C=C/C(OC)CCCC1. The zero-order chi connectivity index (χ0) is 11.1. The van der Waals surface area contributed by atoms with Gasteiger partial charge >= 0.3 is 6.09 Å². The molecule has 0 aliphatic heterocycles. The first-order valence-corrected chi connectivity index (χ1v) is 5.35. The second-order valence-corrected chi connectivity index (χ2v) is 3.64. The number of carbonyl (C=O) groups is 1. The smallest absolute Gasteiger partial charge is 0.407 e. The monoisotopic (exact) mass is 213 g/mol. The van der Waals surface area contributed by atoms with Gasteiger partial charge in [-0.25, -0.2) is 4.79 Å². The van der Waals surface area contributed by atoms with Gasteiger partial charge in [0.1, 0.15) is 6.10 Å². The van der Waals surface area contributed by atoms with Crippen molar-refractivity contribution in [2.45, 2.75) is 37.9 Å². The van der Waals surface area contributed by atoms with E-state index >= 15 is 0 Å². The van der Waals surface area contributed by atoms with E-state index in [1.165, 1.54) is 0 Å². The molecule has 0 fully saturated rings. The third-order valence-corrected chi connectivity index (χ3v) is 2.53. The Morgan fingerprint density at radius 3 is 2.47 bits per heavy atom. The summed E-state index contributed by atoms with van der Waals surface area (Å²) in [7, 11) is 3.26. The standard InChI is InChI=1S/C11H19NO3/c1-12-11(13)15-10-6-4-3-5-9(14-2)7-8-10/h7-10H,3-6H2,1-2H3,(H,12,13)/b8-7+. The van der Waals surface area contributed by atoms with Gasteiger partial charge in [0.2, 0.25) is 0 Å². The fourth-order valence-electron chi connectivity index (χ4n) is 1.62. The fourth-order valence-corrected chi connectivity index (χ4v) is 1.62. The van der Waals surface area contributed by atoms with Crippen LogP contribution in [0.25, 0.3) is 0 Å². The minimum absolute atomic E-state index is 0.122. The molecule has 0 spiro atoms. The molecule has 0 aromatic carbocycles. The molecule has 86 valence electrons. The first kappa shape index (κ1) is 12.0. The maximum Gasteiger partial charge on any atom is 0.407 e. The van der Waals surface area contributed by atoms with Crippen LogP contribution in [0, 0.1) is 0 Å². The van der Waals surface area contributed by atoms with Crippen LogP contribution in [0.3, 0.4) is 0 Å². The van der Waals surface area contributed by atoms with Crippen molar-refractivity contribution in [3.05, 3.63) is 12.2 Å². The Bertz CT molecular complexity index is 228. The molecule has 0 saturated heterocycles. The Hall–Kier alpha value is -1.03. The average Bonchev–Trinajstić information content (AvgIpc) is 2.22. The van der Waals surface area contributed by atoms with Crippen LogP contribution in [0.5, 0.6) is 0 Å². The highest BCUT2D eigenvalue weighted by molar-refractivity contribution is 5.67. The summed E-state index contributed by atoms with van der Waals surface area (Å²) in [4.78, 5) is 11.0. The van der Waals surface area contributed by atoms with Gasteiger partial charge in [-0.3, -0.25) is 0 Å². The van der Waals surface area contributed by atoms with Gasteiger partial charge in [-0.05, 0) is 25.3 Å². The Labute approximate surface area is 90.6 Å². The fraction of sp³-hybridized carbons (Fsp3) is 0.727. The van der Waals surface area contributed by atoms with Crippen molar-refractivity contribution in [1.82, 2.24) is 5.32 Å². The largest absolute Gasteiger partial charge is 0.442 e. The van der Waals surface area contributed by atoms with Crippen molar-refractivity contribution in [2.24, 2.45) is 0 Å². The molecular formula is C11H19NO3. The number of rotatable bonds is 2. The Morgan fingerprint density at radius 2 is 1.87 bits per heavy atom.